The lowest BCUT2D eigenvalue weighted by molar-refractivity contribution is -0.120. The molecular formula is C39H44ClN9O3. The molecule has 0 saturated carbocycles. The van der Waals surface area contributed by atoms with E-state index in [4.69, 9.17) is 22.4 Å². The molecule has 270 valence electrons. The Kier molecular flexibility index (Phi) is 9.27. The number of amides is 4. The highest BCUT2D eigenvalue weighted by atomic mass is 35.5. The van der Waals surface area contributed by atoms with Crippen LogP contribution < -0.4 is 31.1 Å². The summed E-state index contributed by atoms with van der Waals surface area (Å²) >= 11 is 6.57. The topological polar surface area (TPSA) is 132 Å². The minimum Gasteiger partial charge on any atom is -0.372 e. The third-order valence-corrected chi connectivity index (χ3v) is 11.3. The third kappa shape index (κ3) is 6.80. The first-order chi connectivity index (χ1) is 25.2. The van der Waals surface area contributed by atoms with E-state index in [1.54, 1.807) is 4.90 Å². The second-order valence-electron chi connectivity index (χ2n) is 14.3. The molecule has 13 heteroatoms. The summed E-state index contributed by atoms with van der Waals surface area (Å²) in [6.45, 7) is 10.2. The lowest BCUT2D eigenvalue weighted by Crippen LogP contribution is -2.49. The summed E-state index contributed by atoms with van der Waals surface area (Å²) in [6, 6.07) is 20.0. The number of aromatic nitrogens is 2. The Balaban J connectivity index is 0.846. The minimum atomic E-state index is -0.541. The maximum absolute atomic E-state index is 12.7. The van der Waals surface area contributed by atoms with E-state index in [1.165, 1.54) is 16.9 Å². The van der Waals surface area contributed by atoms with Crippen LogP contribution in [0.2, 0.25) is 5.02 Å². The molecule has 4 amide bonds. The van der Waals surface area contributed by atoms with Gasteiger partial charge in [0.2, 0.25) is 5.91 Å². The maximum atomic E-state index is 12.7. The fraction of sp³-hybridized carbons (Fsp3) is 0.385. The Labute approximate surface area is 308 Å². The molecule has 8 rings (SSSR count). The van der Waals surface area contributed by atoms with Gasteiger partial charge in [0, 0.05) is 93.6 Å². The molecule has 0 aliphatic carbocycles. The van der Waals surface area contributed by atoms with Crippen LogP contribution in [0, 0.1) is 12.8 Å². The number of fused-ring (bicyclic) bond motifs is 2. The number of urea groups is 1. The van der Waals surface area contributed by atoms with E-state index in [-0.39, 0.29) is 11.9 Å². The Bertz CT molecular complexity index is 2010. The van der Waals surface area contributed by atoms with Gasteiger partial charge in [-0.1, -0.05) is 23.7 Å². The molecule has 4 N–H and O–H groups in total. The van der Waals surface area contributed by atoms with Crippen molar-refractivity contribution in [3.63, 3.8) is 0 Å². The number of hydrogen-bond donors (Lipinski definition) is 3. The number of anilines is 5. The van der Waals surface area contributed by atoms with Crippen molar-refractivity contribution in [3.05, 3.63) is 82.4 Å². The second-order valence-corrected chi connectivity index (χ2v) is 14.8. The lowest BCUT2D eigenvalue weighted by atomic mass is 9.95. The van der Waals surface area contributed by atoms with Gasteiger partial charge in [0.15, 0.2) is 0 Å². The number of piperazine rings is 1. The first-order valence-corrected chi connectivity index (χ1v) is 18.6. The molecule has 0 atom stereocenters. The van der Waals surface area contributed by atoms with Gasteiger partial charge in [-0.05, 0) is 91.8 Å². The minimum absolute atomic E-state index is 0.219. The number of aryl methyl sites for hydroxylation is 3. The average Bonchev–Trinajstić information content (AvgIpc) is 3.40. The number of hydrogen-bond acceptors (Lipinski definition) is 8. The van der Waals surface area contributed by atoms with Crippen molar-refractivity contribution in [2.45, 2.75) is 39.2 Å². The first kappa shape index (κ1) is 34.0. The Hall–Kier alpha value is -5.07. The predicted molar refractivity (Wildman–Crippen MR) is 205 cm³/mol. The van der Waals surface area contributed by atoms with Crippen LogP contribution >= 0.6 is 11.6 Å². The zero-order valence-electron chi connectivity index (χ0n) is 29.4. The van der Waals surface area contributed by atoms with E-state index < -0.39 is 5.91 Å². The average molecular weight is 722 g/mol. The van der Waals surface area contributed by atoms with Gasteiger partial charge < -0.3 is 20.9 Å². The van der Waals surface area contributed by atoms with E-state index in [1.807, 2.05) is 41.9 Å². The number of piperidine rings is 1. The fourth-order valence-electron chi connectivity index (χ4n) is 8.03. The normalized spacial score (nSPS) is 18.4. The van der Waals surface area contributed by atoms with Crippen LogP contribution in [-0.4, -0.2) is 84.9 Å². The van der Waals surface area contributed by atoms with Gasteiger partial charge in [-0.3, -0.25) is 24.7 Å². The molecule has 0 unspecified atom stereocenters. The van der Waals surface area contributed by atoms with Gasteiger partial charge in [0.05, 0.1) is 5.02 Å². The Morgan fingerprint density at radius 2 is 1.54 bits per heavy atom. The maximum Gasteiger partial charge on any atom is 0.328 e. The van der Waals surface area contributed by atoms with E-state index in [2.05, 4.69) is 55.7 Å². The first-order valence-electron chi connectivity index (χ1n) is 18.2. The van der Waals surface area contributed by atoms with Gasteiger partial charge in [-0.25, -0.2) is 9.48 Å². The van der Waals surface area contributed by atoms with Crippen LogP contribution in [0.15, 0.2) is 60.7 Å². The molecular weight excluding hydrogens is 678 g/mol. The number of halogens is 1. The Morgan fingerprint density at radius 1 is 0.827 bits per heavy atom. The molecule has 1 aromatic heterocycles. The lowest BCUT2D eigenvalue weighted by Gasteiger charge is -2.40. The molecule has 3 fully saturated rings. The molecule has 3 saturated heterocycles. The number of nitrogens with one attached hydrogen (secondary N) is 2. The molecule has 4 aliphatic heterocycles. The van der Waals surface area contributed by atoms with E-state index >= 15 is 0 Å². The van der Waals surface area contributed by atoms with Gasteiger partial charge in [-0.2, -0.15) is 5.10 Å². The molecule has 0 spiro atoms. The van der Waals surface area contributed by atoms with E-state index in [0.717, 1.165) is 82.0 Å². The van der Waals surface area contributed by atoms with Crippen LogP contribution in [0.5, 0.6) is 0 Å². The SMILES string of the molecule is Cc1ccc(-c2nn3c(c2C(N)=O)Nc2ccc(N4CCN(CC5CCN(c6ccc(N7CCC(=O)NC7=O)cc6)CC5)CC4)cc2CC3)c(Cl)c1. The summed E-state index contributed by atoms with van der Waals surface area (Å²) in [5.41, 5.74) is 13.8. The monoisotopic (exact) mass is 721 g/mol. The number of carbonyl (C=O) groups is 3. The molecule has 4 aliphatic rings. The quantitative estimate of drug-likeness (QED) is 0.232. The zero-order valence-corrected chi connectivity index (χ0v) is 30.2. The van der Waals surface area contributed by atoms with Crippen molar-refractivity contribution in [2.24, 2.45) is 11.7 Å². The number of rotatable bonds is 7. The summed E-state index contributed by atoms with van der Waals surface area (Å²) in [5.74, 6) is 0.519. The number of nitrogens with two attached hydrogens (primary N) is 1. The van der Waals surface area contributed by atoms with Crippen LogP contribution in [-0.2, 0) is 17.8 Å². The van der Waals surface area contributed by atoms with Crippen molar-refractivity contribution in [3.8, 4) is 11.3 Å². The molecule has 0 radical (unpaired) electrons. The summed E-state index contributed by atoms with van der Waals surface area (Å²) in [6.07, 6.45) is 3.41. The summed E-state index contributed by atoms with van der Waals surface area (Å²) < 4.78 is 1.84. The van der Waals surface area contributed by atoms with Gasteiger partial charge in [0.25, 0.3) is 5.91 Å². The standard InChI is InChI=1S/C39H44ClN9O3/c1-25-2-8-31(32(40)22-25)36-35(37(41)51)38-42-33-9-7-30(23-27(33)12-17-49(38)44-36)47-20-18-45(19-21-47)24-26-10-14-46(15-11-26)28-3-5-29(6-4-28)48-16-13-34(50)43-39(48)52/h2-9,22-23,26,42H,10-21,24H2,1H3,(H2,41,51)(H,43,50,52). The van der Waals surface area contributed by atoms with Gasteiger partial charge in [0.1, 0.15) is 17.1 Å². The number of nitrogens with zero attached hydrogens (tertiary/aromatic N) is 6. The van der Waals surface area contributed by atoms with Crippen LogP contribution in [0.1, 0.15) is 40.7 Å². The molecule has 12 nitrogen and oxygen atoms in total. The number of carbonyl (C=O) groups excluding carboxylic acids is 3. The van der Waals surface area contributed by atoms with Crippen molar-refractivity contribution in [1.82, 2.24) is 20.0 Å². The molecule has 5 heterocycles. The largest absolute Gasteiger partial charge is 0.372 e. The number of benzene rings is 3. The smallest absolute Gasteiger partial charge is 0.328 e. The zero-order chi connectivity index (χ0) is 35.9. The highest BCUT2D eigenvalue weighted by Crippen LogP contribution is 2.38. The van der Waals surface area contributed by atoms with Crippen molar-refractivity contribution in [2.75, 3.05) is 72.4 Å². The number of primary amides is 1. The van der Waals surface area contributed by atoms with Crippen LogP contribution in [0.25, 0.3) is 11.3 Å². The van der Waals surface area contributed by atoms with Crippen LogP contribution in [0.4, 0.5) is 33.4 Å². The molecule has 4 aromatic rings. The van der Waals surface area contributed by atoms with Crippen LogP contribution in [0.3, 0.4) is 0 Å². The predicted octanol–water partition coefficient (Wildman–Crippen LogP) is 5.40. The summed E-state index contributed by atoms with van der Waals surface area (Å²) in [5, 5.41) is 11.2. The highest BCUT2D eigenvalue weighted by molar-refractivity contribution is 6.33. The van der Waals surface area contributed by atoms with Crippen molar-refractivity contribution < 1.29 is 14.4 Å². The highest BCUT2D eigenvalue weighted by Gasteiger charge is 2.29. The third-order valence-electron chi connectivity index (χ3n) is 11.0. The molecule has 3 aromatic carbocycles. The van der Waals surface area contributed by atoms with Crippen molar-refractivity contribution in [1.29, 1.82) is 0 Å². The van der Waals surface area contributed by atoms with Gasteiger partial charge in [-0.15, -0.1) is 0 Å². The Morgan fingerprint density at radius 3 is 2.25 bits per heavy atom. The summed E-state index contributed by atoms with van der Waals surface area (Å²) in [4.78, 5) is 45.6. The van der Waals surface area contributed by atoms with Crippen molar-refractivity contribution >= 4 is 58.0 Å². The second kappa shape index (κ2) is 14.2. The fourth-order valence-corrected chi connectivity index (χ4v) is 8.35. The number of imide groups is 1. The van der Waals surface area contributed by atoms with Gasteiger partial charge >= 0.3 is 6.03 Å². The molecule has 52 heavy (non-hydrogen) atoms. The summed E-state index contributed by atoms with van der Waals surface area (Å²) in [7, 11) is 0. The molecule has 0 bridgehead atoms. The van der Waals surface area contributed by atoms with E-state index in [0.29, 0.717) is 53.1 Å². The van der Waals surface area contributed by atoms with E-state index in [9.17, 15) is 14.4 Å².